The third-order valence-corrected chi connectivity index (χ3v) is 12.0. The zero-order valence-electron chi connectivity index (χ0n) is 31.6. The molecule has 8 rings (SSSR count). The van der Waals surface area contributed by atoms with E-state index < -0.39 is 34.1 Å². The summed E-state index contributed by atoms with van der Waals surface area (Å²) in [6.45, 7) is 6.60. The number of β-amino-alcohol motifs (C(OH)–C–C–N with tert-alkyl or cyclic N) is 1. The minimum absolute atomic E-state index is 0.00794. The number of aromatic nitrogens is 3. The van der Waals surface area contributed by atoms with Gasteiger partial charge in [0.2, 0.25) is 5.88 Å². The standard InChI is InChI=1S/C40H49F2N5O8/c1-23-18-39(50,19-24(2)55-23)47-13-7-11-38(10-6-12-40(38,47)51)22-54-36-44-33-30(34(45-36)46-14-15-53-21-37(3,49)20-46)35(52-4)43-32(31(33)42)27-17-26(48)16-25-8-5-9-28(41)29(25)27/h5,8-9,16-17,23-24,48-51H,6-7,10-15,18-22H2,1-4H3. The third-order valence-electron chi connectivity index (χ3n) is 12.0. The Hall–Kier alpha value is -3.99. The van der Waals surface area contributed by atoms with Crippen LogP contribution >= 0.6 is 0 Å². The lowest BCUT2D eigenvalue weighted by Crippen LogP contribution is -2.71. The molecule has 3 aliphatic heterocycles. The summed E-state index contributed by atoms with van der Waals surface area (Å²) in [6, 6.07) is 6.79. The fourth-order valence-electron chi connectivity index (χ4n) is 9.84. The normalized spacial score (nSPS) is 31.8. The fraction of sp³-hybridized carbons (Fsp3) is 0.575. The van der Waals surface area contributed by atoms with Crippen LogP contribution < -0.4 is 14.4 Å². The van der Waals surface area contributed by atoms with Crippen molar-refractivity contribution in [3.63, 3.8) is 0 Å². The van der Waals surface area contributed by atoms with Crippen molar-refractivity contribution in [2.24, 2.45) is 5.41 Å². The van der Waals surface area contributed by atoms with Gasteiger partial charge in [-0.1, -0.05) is 12.1 Å². The number of methoxy groups -OCH3 is 1. The summed E-state index contributed by atoms with van der Waals surface area (Å²) in [5, 5.41) is 47.0. The highest BCUT2D eigenvalue weighted by Crippen LogP contribution is 2.57. The third kappa shape index (κ3) is 6.52. The van der Waals surface area contributed by atoms with Crippen LogP contribution in [0.4, 0.5) is 14.6 Å². The van der Waals surface area contributed by atoms with Gasteiger partial charge in [0, 0.05) is 42.3 Å². The summed E-state index contributed by atoms with van der Waals surface area (Å²) in [6.07, 6.45) is 3.41. The highest BCUT2D eigenvalue weighted by atomic mass is 19.1. The average molecular weight is 766 g/mol. The van der Waals surface area contributed by atoms with E-state index in [9.17, 15) is 20.4 Å². The maximum atomic E-state index is 17.2. The lowest BCUT2D eigenvalue weighted by Gasteiger charge is -2.59. The predicted molar refractivity (Wildman–Crippen MR) is 199 cm³/mol. The van der Waals surface area contributed by atoms with Gasteiger partial charge in [-0.3, -0.25) is 0 Å². The number of aliphatic hydroxyl groups is 3. The van der Waals surface area contributed by atoms with E-state index >= 15 is 8.78 Å². The molecule has 0 amide bonds. The van der Waals surface area contributed by atoms with E-state index in [1.807, 2.05) is 18.7 Å². The minimum Gasteiger partial charge on any atom is -0.508 e. The second-order valence-electron chi connectivity index (χ2n) is 16.3. The van der Waals surface area contributed by atoms with Gasteiger partial charge in [0.1, 0.15) is 57.6 Å². The number of fused-ring (bicyclic) bond motifs is 3. The number of pyridine rings is 1. The minimum atomic E-state index is -1.40. The van der Waals surface area contributed by atoms with E-state index in [-0.39, 0.29) is 96.1 Å². The van der Waals surface area contributed by atoms with Gasteiger partial charge in [0.05, 0.1) is 39.1 Å². The van der Waals surface area contributed by atoms with E-state index in [4.69, 9.17) is 23.9 Å². The molecule has 0 spiro atoms. The number of phenols is 1. The van der Waals surface area contributed by atoms with Gasteiger partial charge in [0.15, 0.2) is 5.82 Å². The first-order valence-electron chi connectivity index (χ1n) is 19.1. The Morgan fingerprint density at radius 3 is 2.49 bits per heavy atom. The molecule has 296 valence electrons. The van der Waals surface area contributed by atoms with Crippen LogP contribution in [-0.4, -0.2) is 116 Å². The van der Waals surface area contributed by atoms with Crippen molar-refractivity contribution in [3.05, 3.63) is 42.0 Å². The molecule has 2 aromatic heterocycles. The number of halogens is 2. The Kier molecular flexibility index (Phi) is 9.57. The number of benzene rings is 2. The van der Waals surface area contributed by atoms with Gasteiger partial charge in [-0.2, -0.15) is 9.97 Å². The molecular formula is C40H49F2N5O8. The summed E-state index contributed by atoms with van der Waals surface area (Å²) < 4.78 is 56.5. The molecule has 4 aliphatic rings. The Bertz CT molecular complexity index is 2110. The lowest BCUT2D eigenvalue weighted by molar-refractivity contribution is -0.313. The van der Waals surface area contributed by atoms with Crippen molar-refractivity contribution >= 4 is 27.5 Å². The van der Waals surface area contributed by atoms with Crippen molar-refractivity contribution in [2.75, 3.05) is 51.5 Å². The molecule has 0 bridgehead atoms. The second kappa shape index (κ2) is 13.9. The number of likely N-dealkylation sites (tertiary alicyclic amines) is 1. The number of hydrogen-bond donors (Lipinski definition) is 4. The molecule has 1 aliphatic carbocycles. The molecule has 4 N–H and O–H groups in total. The molecule has 0 radical (unpaired) electrons. The van der Waals surface area contributed by atoms with Crippen LogP contribution in [0.3, 0.4) is 0 Å². The second-order valence-corrected chi connectivity index (χ2v) is 16.3. The number of hydrogen-bond acceptors (Lipinski definition) is 13. The number of aromatic hydroxyl groups is 1. The van der Waals surface area contributed by atoms with Gasteiger partial charge >= 0.3 is 6.01 Å². The molecule has 13 nitrogen and oxygen atoms in total. The quantitative estimate of drug-likeness (QED) is 0.198. The highest BCUT2D eigenvalue weighted by Gasteiger charge is 2.64. The largest absolute Gasteiger partial charge is 0.508 e. The Balaban J connectivity index is 1.25. The number of nitrogens with zero attached hydrogens (tertiary/aromatic N) is 5. The average Bonchev–Trinajstić information content (AvgIpc) is 3.36. The summed E-state index contributed by atoms with van der Waals surface area (Å²) in [5.41, 5.74) is -5.33. The number of ether oxygens (including phenoxy) is 4. The van der Waals surface area contributed by atoms with Crippen LogP contribution in [0.1, 0.15) is 65.7 Å². The summed E-state index contributed by atoms with van der Waals surface area (Å²) in [5.74, 6) is -1.67. The van der Waals surface area contributed by atoms with E-state index in [2.05, 4.69) is 9.97 Å². The molecule has 4 aromatic rings. The van der Waals surface area contributed by atoms with Crippen LogP contribution in [0.2, 0.25) is 0 Å². The first-order chi connectivity index (χ1) is 26.2. The van der Waals surface area contributed by atoms with E-state index in [1.165, 1.54) is 31.4 Å². The van der Waals surface area contributed by atoms with E-state index in [1.54, 1.807) is 17.9 Å². The molecule has 5 heterocycles. The molecule has 1 saturated carbocycles. The van der Waals surface area contributed by atoms with Gasteiger partial charge < -0.3 is 44.3 Å². The lowest BCUT2D eigenvalue weighted by atomic mass is 9.71. The van der Waals surface area contributed by atoms with E-state index in [0.717, 1.165) is 0 Å². The maximum Gasteiger partial charge on any atom is 0.319 e. The first kappa shape index (κ1) is 37.9. The highest BCUT2D eigenvalue weighted by molar-refractivity contribution is 6.02. The van der Waals surface area contributed by atoms with Gasteiger partial charge in [-0.15, -0.1) is 0 Å². The zero-order valence-corrected chi connectivity index (χ0v) is 31.6. The van der Waals surface area contributed by atoms with Crippen LogP contribution in [0, 0.1) is 17.0 Å². The van der Waals surface area contributed by atoms with E-state index in [0.29, 0.717) is 56.9 Å². The predicted octanol–water partition coefficient (Wildman–Crippen LogP) is 5.03. The monoisotopic (exact) mass is 765 g/mol. The summed E-state index contributed by atoms with van der Waals surface area (Å²) in [7, 11) is 1.36. The molecule has 15 heteroatoms. The van der Waals surface area contributed by atoms with Crippen molar-refractivity contribution in [2.45, 2.75) is 95.0 Å². The smallest absolute Gasteiger partial charge is 0.319 e. The van der Waals surface area contributed by atoms with Crippen LogP contribution in [-0.2, 0) is 9.47 Å². The van der Waals surface area contributed by atoms with Crippen molar-refractivity contribution < 1.29 is 48.2 Å². The molecule has 5 atom stereocenters. The Morgan fingerprint density at radius 2 is 1.73 bits per heavy atom. The number of phenolic OH excluding ortho intramolecular Hbond substituents is 1. The van der Waals surface area contributed by atoms with Gasteiger partial charge in [0.25, 0.3) is 0 Å². The van der Waals surface area contributed by atoms with Gasteiger partial charge in [-0.25, -0.2) is 18.7 Å². The number of piperidine rings is 1. The SMILES string of the molecule is COc1nc(-c2cc(O)cc3cccc(F)c23)c(F)c2nc(OCC34CCCN(C5(O)CC(C)OC(C)C5)C3(O)CCC4)nc(N3CCOCC(C)(O)C3)c12. The van der Waals surface area contributed by atoms with Crippen LogP contribution in [0.25, 0.3) is 32.9 Å². The summed E-state index contributed by atoms with van der Waals surface area (Å²) in [4.78, 5) is 17.5. The van der Waals surface area contributed by atoms with Gasteiger partial charge in [-0.05, 0) is 76.5 Å². The number of anilines is 1. The van der Waals surface area contributed by atoms with Crippen LogP contribution in [0.5, 0.6) is 17.6 Å². The Labute approximate surface area is 317 Å². The molecule has 3 saturated heterocycles. The summed E-state index contributed by atoms with van der Waals surface area (Å²) >= 11 is 0. The Morgan fingerprint density at radius 1 is 0.964 bits per heavy atom. The molecule has 2 aromatic carbocycles. The van der Waals surface area contributed by atoms with Crippen molar-refractivity contribution in [1.82, 2.24) is 19.9 Å². The molecule has 5 unspecified atom stereocenters. The van der Waals surface area contributed by atoms with Crippen molar-refractivity contribution in [1.29, 1.82) is 0 Å². The van der Waals surface area contributed by atoms with Crippen molar-refractivity contribution in [3.8, 4) is 28.9 Å². The fourth-order valence-corrected chi connectivity index (χ4v) is 9.84. The zero-order chi connectivity index (χ0) is 38.9. The maximum absolute atomic E-state index is 17.2. The van der Waals surface area contributed by atoms with Crippen LogP contribution in [0.15, 0.2) is 30.3 Å². The number of rotatable bonds is 7. The molecule has 55 heavy (non-hydrogen) atoms. The first-order valence-corrected chi connectivity index (χ1v) is 19.1. The molecule has 4 fully saturated rings. The topological polar surface area (TPSA) is 163 Å². The molecular weight excluding hydrogens is 716 g/mol.